The number of rotatable bonds is 5. The van der Waals surface area contributed by atoms with Crippen LogP contribution in [0.25, 0.3) is 16.2 Å². The molecule has 0 radical (unpaired) electrons. The fourth-order valence-corrected chi connectivity index (χ4v) is 3.45. The molecule has 2 aromatic carbocycles. The largest absolute Gasteiger partial charge is 0.484 e. The summed E-state index contributed by atoms with van der Waals surface area (Å²) in [4.78, 5) is 17.2. The van der Waals surface area contributed by atoms with Crippen LogP contribution in [0.1, 0.15) is 5.56 Å². The summed E-state index contributed by atoms with van der Waals surface area (Å²) in [7, 11) is 0. The normalized spacial score (nSPS) is 10.9. The van der Waals surface area contributed by atoms with Crippen molar-refractivity contribution in [1.82, 2.24) is 14.6 Å². The fraction of sp³-hybridized carbons (Fsp3) is 0.105. The van der Waals surface area contributed by atoms with Gasteiger partial charge in [-0.05, 0) is 31.2 Å². The summed E-state index contributed by atoms with van der Waals surface area (Å²) < 4.78 is 7.15. The molecule has 4 rings (SSSR count). The maximum Gasteiger partial charge on any atom is 0.264 e. The first-order chi connectivity index (χ1) is 13.1. The molecule has 6 nitrogen and oxygen atoms in total. The third kappa shape index (κ3) is 3.94. The van der Waals surface area contributed by atoms with E-state index in [1.807, 2.05) is 36.6 Å². The predicted molar refractivity (Wildman–Crippen MR) is 107 cm³/mol. The maximum atomic E-state index is 12.1. The maximum absolute atomic E-state index is 12.1. The Morgan fingerprint density at radius 3 is 2.67 bits per heavy atom. The van der Waals surface area contributed by atoms with Crippen molar-refractivity contribution < 1.29 is 9.53 Å². The molecular formula is C19H15ClN4O2S. The Morgan fingerprint density at radius 1 is 1.19 bits per heavy atom. The van der Waals surface area contributed by atoms with Gasteiger partial charge in [0.05, 0.1) is 5.69 Å². The molecule has 2 heterocycles. The van der Waals surface area contributed by atoms with Crippen molar-refractivity contribution in [2.75, 3.05) is 11.9 Å². The van der Waals surface area contributed by atoms with Gasteiger partial charge in [-0.15, -0.1) is 16.4 Å². The Labute approximate surface area is 164 Å². The minimum atomic E-state index is -0.333. The van der Waals surface area contributed by atoms with Gasteiger partial charge >= 0.3 is 0 Å². The zero-order chi connectivity index (χ0) is 18.8. The summed E-state index contributed by atoms with van der Waals surface area (Å²) >= 11 is 7.29. The molecule has 0 saturated carbocycles. The van der Waals surface area contributed by atoms with Gasteiger partial charge in [-0.25, -0.2) is 4.52 Å². The first-order valence-electron chi connectivity index (χ1n) is 8.18. The molecule has 8 heteroatoms. The monoisotopic (exact) mass is 398 g/mol. The minimum absolute atomic E-state index is 0.140. The number of hydrogen-bond acceptors (Lipinski definition) is 5. The number of hydrogen-bond donors (Lipinski definition) is 1. The van der Waals surface area contributed by atoms with Crippen LogP contribution in [0.15, 0.2) is 53.9 Å². The molecule has 2 aromatic heterocycles. The number of ether oxygens (including phenoxy) is 1. The lowest BCUT2D eigenvalue weighted by Gasteiger charge is -2.05. The fourth-order valence-electron chi connectivity index (χ4n) is 2.50. The Hall–Kier alpha value is -2.90. The van der Waals surface area contributed by atoms with Crippen LogP contribution < -0.4 is 10.1 Å². The Balaban J connectivity index is 1.45. The Morgan fingerprint density at radius 2 is 1.93 bits per heavy atom. The molecule has 0 aliphatic carbocycles. The van der Waals surface area contributed by atoms with Crippen LogP contribution in [-0.2, 0) is 4.79 Å². The predicted octanol–water partition coefficient (Wildman–Crippen LogP) is 4.44. The van der Waals surface area contributed by atoms with Crippen molar-refractivity contribution in [3.8, 4) is 17.0 Å². The third-order valence-corrected chi connectivity index (χ3v) is 4.93. The van der Waals surface area contributed by atoms with Crippen LogP contribution in [-0.4, -0.2) is 27.1 Å². The van der Waals surface area contributed by atoms with E-state index in [2.05, 4.69) is 15.4 Å². The number of thiazole rings is 1. The number of nitrogens with one attached hydrogen (secondary N) is 1. The Bertz CT molecular complexity index is 1090. The highest BCUT2D eigenvalue weighted by molar-refractivity contribution is 7.15. The van der Waals surface area contributed by atoms with E-state index in [0.29, 0.717) is 15.7 Å². The van der Waals surface area contributed by atoms with E-state index in [4.69, 9.17) is 16.3 Å². The average Bonchev–Trinajstić information content (AvgIpc) is 3.22. The summed E-state index contributed by atoms with van der Waals surface area (Å²) in [6.07, 6.45) is 0. The van der Waals surface area contributed by atoms with Crippen molar-refractivity contribution in [2.45, 2.75) is 6.92 Å². The lowest BCUT2D eigenvalue weighted by molar-refractivity contribution is -0.118. The lowest BCUT2D eigenvalue weighted by Crippen LogP contribution is -2.20. The van der Waals surface area contributed by atoms with Crippen LogP contribution in [0.4, 0.5) is 5.95 Å². The molecule has 4 aromatic rings. The van der Waals surface area contributed by atoms with Gasteiger partial charge in [-0.3, -0.25) is 10.1 Å². The van der Waals surface area contributed by atoms with Crippen molar-refractivity contribution >= 4 is 39.8 Å². The van der Waals surface area contributed by atoms with E-state index in [-0.39, 0.29) is 18.5 Å². The zero-order valence-electron chi connectivity index (χ0n) is 14.3. The second kappa shape index (κ2) is 7.38. The van der Waals surface area contributed by atoms with Gasteiger partial charge in [0, 0.05) is 16.0 Å². The molecule has 0 aliphatic rings. The molecule has 1 amide bonds. The number of aromatic nitrogens is 3. The van der Waals surface area contributed by atoms with Gasteiger partial charge < -0.3 is 4.74 Å². The number of nitrogens with zero attached hydrogens (tertiary/aromatic N) is 3. The zero-order valence-corrected chi connectivity index (χ0v) is 15.9. The summed E-state index contributed by atoms with van der Waals surface area (Å²) in [5.41, 5.74) is 3.17. The molecule has 0 unspecified atom stereocenters. The van der Waals surface area contributed by atoms with E-state index in [0.717, 1.165) is 11.3 Å². The molecule has 1 N–H and O–H groups in total. The minimum Gasteiger partial charge on any atom is -0.484 e. The first kappa shape index (κ1) is 17.5. The smallest absolute Gasteiger partial charge is 0.264 e. The molecule has 0 fully saturated rings. The summed E-state index contributed by atoms with van der Waals surface area (Å²) in [6.45, 7) is 1.90. The number of carbonyl (C=O) groups excluding carboxylic acids is 1. The van der Waals surface area contributed by atoms with Gasteiger partial charge in [0.25, 0.3) is 11.9 Å². The van der Waals surface area contributed by atoms with Crippen LogP contribution in [0, 0.1) is 6.92 Å². The van der Waals surface area contributed by atoms with E-state index in [1.54, 1.807) is 28.8 Å². The molecule has 0 aliphatic heterocycles. The van der Waals surface area contributed by atoms with Gasteiger partial charge in [0.2, 0.25) is 4.96 Å². The number of aryl methyl sites for hydroxylation is 1. The number of halogens is 1. The number of benzene rings is 2. The van der Waals surface area contributed by atoms with Crippen LogP contribution in [0.3, 0.4) is 0 Å². The van der Waals surface area contributed by atoms with Gasteiger partial charge in [0.15, 0.2) is 6.61 Å². The van der Waals surface area contributed by atoms with Crippen molar-refractivity contribution in [3.05, 3.63) is 64.5 Å². The molecule has 0 saturated heterocycles. The molecule has 27 heavy (non-hydrogen) atoms. The SMILES string of the molecule is Cc1ccc(-c2csc3nc(NC(=O)COc4ccc(Cl)cc4)nn23)cc1. The number of anilines is 1. The van der Waals surface area contributed by atoms with Crippen LogP contribution in [0.5, 0.6) is 5.75 Å². The average molecular weight is 399 g/mol. The second-order valence-electron chi connectivity index (χ2n) is 5.91. The van der Waals surface area contributed by atoms with Crippen molar-refractivity contribution in [2.24, 2.45) is 0 Å². The lowest BCUT2D eigenvalue weighted by atomic mass is 10.1. The molecule has 0 bridgehead atoms. The molecule has 136 valence electrons. The highest BCUT2D eigenvalue weighted by atomic mass is 35.5. The topological polar surface area (TPSA) is 68.5 Å². The third-order valence-electron chi connectivity index (χ3n) is 3.86. The molecular weight excluding hydrogens is 384 g/mol. The number of carbonyl (C=O) groups is 1. The van der Waals surface area contributed by atoms with Crippen LogP contribution in [0.2, 0.25) is 5.02 Å². The standard InChI is InChI=1S/C19H15ClN4O2S/c1-12-2-4-13(5-3-12)16-11-27-19-22-18(23-24(16)19)21-17(25)10-26-15-8-6-14(20)7-9-15/h2-9,11H,10H2,1H3,(H,21,23,25). The Kier molecular flexibility index (Phi) is 4.79. The van der Waals surface area contributed by atoms with Gasteiger partial charge in [0.1, 0.15) is 5.75 Å². The van der Waals surface area contributed by atoms with Gasteiger partial charge in [-0.2, -0.15) is 4.98 Å². The summed E-state index contributed by atoms with van der Waals surface area (Å²) in [6, 6.07) is 15.0. The first-order valence-corrected chi connectivity index (χ1v) is 9.44. The van der Waals surface area contributed by atoms with Crippen molar-refractivity contribution in [3.63, 3.8) is 0 Å². The second-order valence-corrected chi connectivity index (χ2v) is 7.18. The molecule has 0 spiro atoms. The quantitative estimate of drug-likeness (QED) is 0.539. The van der Waals surface area contributed by atoms with Gasteiger partial charge in [-0.1, -0.05) is 41.4 Å². The highest BCUT2D eigenvalue weighted by Gasteiger charge is 2.13. The summed E-state index contributed by atoms with van der Waals surface area (Å²) in [5.74, 6) is 0.481. The van der Waals surface area contributed by atoms with Crippen molar-refractivity contribution in [1.29, 1.82) is 0 Å². The summed E-state index contributed by atoms with van der Waals surface area (Å²) in [5, 5.41) is 9.65. The van der Waals surface area contributed by atoms with Crippen LogP contribution >= 0.6 is 22.9 Å². The number of amides is 1. The van der Waals surface area contributed by atoms with E-state index >= 15 is 0 Å². The van der Waals surface area contributed by atoms with E-state index < -0.39 is 0 Å². The van der Waals surface area contributed by atoms with E-state index in [1.165, 1.54) is 16.9 Å². The number of fused-ring (bicyclic) bond motifs is 1. The van der Waals surface area contributed by atoms with E-state index in [9.17, 15) is 4.79 Å². The highest BCUT2D eigenvalue weighted by Crippen LogP contribution is 2.26. The molecule has 0 atom stereocenters.